The summed E-state index contributed by atoms with van der Waals surface area (Å²) in [5, 5.41) is 2.86. The number of nitrogens with one attached hydrogen (secondary N) is 1. The van der Waals surface area contributed by atoms with Crippen LogP contribution in [0.4, 0.5) is 13.2 Å². The Bertz CT molecular complexity index is 921. The van der Waals surface area contributed by atoms with Crippen molar-refractivity contribution < 1.29 is 18.0 Å². The maximum absolute atomic E-state index is 13.0. The normalized spacial score (nSPS) is 17.1. The van der Waals surface area contributed by atoms with Gasteiger partial charge in [0.05, 0.1) is 11.1 Å². The van der Waals surface area contributed by atoms with Crippen molar-refractivity contribution in [2.24, 2.45) is 5.92 Å². The third kappa shape index (κ3) is 4.48. The molecule has 27 heavy (non-hydrogen) atoms. The fourth-order valence-electron chi connectivity index (χ4n) is 3.17. The lowest BCUT2D eigenvalue weighted by atomic mass is 9.89. The number of thiophene rings is 1. The number of hydrogen-bond donors (Lipinski definition) is 1. The number of carbonyl (C=O) groups is 1. The fourth-order valence-corrected chi connectivity index (χ4v) is 5.49. The van der Waals surface area contributed by atoms with Crippen LogP contribution in [0, 0.1) is 5.92 Å². The molecule has 0 bridgehead atoms. The highest BCUT2D eigenvalue weighted by molar-refractivity contribution is 7.99. The number of amides is 1. The first kappa shape index (κ1) is 20.2. The molecule has 0 saturated carbocycles. The SMILES string of the molecule is CCn1c(SCC(=O)NCC(F)(F)F)nc2sc3c(c2c1=O)CC[C@@H](C)C3. The molecule has 148 valence electrons. The Hall–Kier alpha value is -1.55. The predicted octanol–water partition coefficient (Wildman–Crippen LogP) is 3.37. The molecule has 5 nitrogen and oxygen atoms in total. The molecular formula is C17H20F3N3O2S2. The third-order valence-corrected chi connectivity index (χ3v) is 6.64. The monoisotopic (exact) mass is 419 g/mol. The van der Waals surface area contributed by atoms with Crippen LogP contribution >= 0.6 is 23.1 Å². The van der Waals surface area contributed by atoms with E-state index in [1.807, 2.05) is 12.2 Å². The quantitative estimate of drug-likeness (QED) is 0.596. The Balaban J connectivity index is 1.86. The Morgan fingerprint density at radius 2 is 2.19 bits per heavy atom. The summed E-state index contributed by atoms with van der Waals surface area (Å²) in [5.74, 6) is -0.394. The van der Waals surface area contributed by atoms with Gasteiger partial charge in [-0.1, -0.05) is 18.7 Å². The molecule has 0 spiro atoms. The first-order valence-electron chi connectivity index (χ1n) is 8.71. The van der Waals surface area contributed by atoms with Crippen molar-refractivity contribution in [1.29, 1.82) is 0 Å². The maximum atomic E-state index is 13.0. The van der Waals surface area contributed by atoms with E-state index in [1.54, 1.807) is 0 Å². The van der Waals surface area contributed by atoms with E-state index in [0.717, 1.165) is 36.6 Å². The predicted molar refractivity (Wildman–Crippen MR) is 101 cm³/mol. The molecule has 3 rings (SSSR count). The van der Waals surface area contributed by atoms with Crippen LogP contribution in [-0.2, 0) is 24.2 Å². The second-order valence-corrected chi connectivity index (χ2v) is 8.68. The van der Waals surface area contributed by atoms with Crippen LogP contribution < -0.4 is 10.9 Å². The molecule has 0 saturated heterocycles. The second kappa shape index (κ2) is 7.83. The molecule has 1 atom stereocenters. The van der Waals surface area contributed by atoms with Gasteiger partial charge in [0, 0.05) is 11.4 Å². The van der Waals surface area contributed by atoms with Crippen molar-refractivity contribution in [3.63, 3.8) is 0 Å². The zero-order valence-electron chi connectivity index (χ0n) is 15.0. The highest BCUT2D eigenvalue weighted by atomic mass is 32.2. The van der Waals surface area contributed by atoms with Gasteiger partial charge in [-0.25, -0.2) is 4.98 Å². The molecule has 2 aromatic rings. The zero-order chi connectivity index (χ0) is 19.8. The summed E-state index contributed by atoms with van der Waals surface area (Å²) in [6.07, 6.45) is -1.61. The minimum absolute atomic E-state index is 0.132. The molecule has 0 aliphatic heterocycles. The fraction of sp³-hybridized carbons (Fsp3) is 0.588. The van der Waals surface area contributed by atoms with Crippen LogP contribution in [0.2, 0.25) is 0 Å². The second-order valence-electron chi connectivity index (χ2n) is 6.66. The Kier molecular flexibility index (Phi) is 5.85. The van der Waals surface area contributed by atoms with Crippen molar-refractivity contribution in [3.8, 4) is 0 Å². The number of fused-ring (bicyclic) bond motifs is 3. The van der Waals surface area contributed by atoms with Gasteiger partial charge in [0.15, 0.2) is 5.16 Å². The lowest BCUT2D eigenvalue weighted by Gasteiger charge is -2.17. The highest BCUT2D eigenvalue weighted by Crippen LogP contribution is 2.36. The van der Waals surface area contributed by atoms with E-state index >= 15 is 0 Å². The van der Waals surface area contributed by atoms with Crippen LogP contribution in [0.15, 0.2) is 9.95 Å². The Labute approximate surface area is 162 Å². The molecule has 1 amide bonds. The first-order valence-corrected chi connectivity index (χ1v) is 10.5. The average molecular weight is 419 g/mol. The minimum Gasteiger partial charge on any atom is -0.346 e. The molecule has 2 aromatic heterocycles. The number of alkyl halides is 3. The molecule has 0 aromatic carbocycles. The van der Waals surface area contributed by atoms with Crippen LogP contribution in [-0.4, -0.2) is 33.9 Å². The number of halogens is 3. The molecule has 0 unspecified atom stereocenters. The summed E-state index contributed by atoms with van der Waals surface area (Å²) in [6.45, 7) is 3.01. The van der Waals surface area contributed by atoms with E-state index in [4.69, 9.17) is 0 Å². The van der Waals surface area contributed by atoms with Gasteiger partial charge >= 0.3 is 6.18 Å². The van der Waals surface area contributed by atoms with Gasteiger partial charge in [0.25, 0.3) is 5.56 Å². The third-order valence-electron chi connectivity index (χ3n) is 4.51. The zero-order valence-corrected chi connectivity index (χ0v) is 16.6. The molecular weight excluding hydrogens is 399 g/mol. The highest BCUT2D eigenvalue weighted by Gasteiger charge is 2.28. The van der Waals surface area contributed by atoms with Crippen LogP contribution in [0.5, 0.6) is 0 Å². The maximum Gasteiger partial charge on any atom is 0.405 e. The topological polar surface area (TPSA) is 64.0 Å². The lowest BCUT2D eigenvalue weighted by molar-refractivity contribution is -0.136. The number of rotatable bonds is 5. The summed E-state index contributed by atoms with van der Waals surface area (Å²) >= 11 is 2.50. The Morgan fingerprint density at radius 1 is 1.44 bits per heavy atom. The van der Waals surface area contributed by atoms with E-state index in [1.165, 1.54) is 20.8 Å². The van der Waals surface area contributed by atoms with Crippen molar-refractivity contribution >= 4 is 39.2 Å². The number of hydrogen-bond acceptors (Lipinski definition) is 5. The minimum atomic E-state index is -4.45. The number of aromatic nitrogens is 2. The number of thioether (sulfide) groups is 1. The van der Waals surface area contributed by atoms with E-state index in [0.29, 0.717) is 27.8 Å². The van der Waals surface area contributed by atoms with E-state index in [-0.39, 0.29) is 11.3 Å². The number of carbonyl (C=O) groups excluding carboxylic acids is 1. The lowest BCUT2D eigenvalue weighted by Crippen LogP contribution is -2.35. The summed E-state index contributed by atoms with van der Waals surface area (Å²) in [7, 11) is 0. The van der Waals surface area contributed by atoms with Crippen molar-refractivity contribution in [2.75, 3.05) is 12.3 Å². The smallest absolute Gasteiger partial charge is 0.346 e. The van der Waals surface area contributed by atoms with Crippen molar-refractivity contribution in [3.05, 3.63) is 20.8 Å². The van der Waals surface area contributed by atoms with Gasteiger partial charge in [0.1, 0.15) is 11.4 Å². The van der Waals surface area contributed by atoms with Crippen LogP contribution in [0.1, 0.15) is 30.7 Å². The van der Waals surface area contributed by atoms with Crippen LogP contribution in [0.3, 0.4) is 0 Å². The van der Waals surface area contributed by atoms with Gasteiger partial charge in [-0.15, -0.1) is 11.3 Å². The average Bonchev–Trinajstić information content (AvgIpc) is 2.95. The number of aryl methyl sites for hydroxylation is 1. The molecule has 1 N–H and O–H groups in total. The van der Waals surface area contributed by atoms with E-state index in [9.17, 15) is 22.8 Å². The van der Waals surface area contributed by atoms with Crippen molar-refractivity contribution in [1.82, 2.24) is 14.9 Å². The van der Waals surface area contributed by atoms with Gasteiger partial charge < -0.3 is 5.32 Å². The first-order chi connectivity index (χ1) is 12.7. The summed E-state index contributed by atoms with van der Waals surface area (Å²) in [5.41, 5.74) is 0.958. The molecule has 1 aliphatic rings. The summed E-state index contributed by atoms with van der Waals surface area (Å²) in [4.78, 5) is 31.0. The largest absolute Gasteiger partial charge is 0.405 e. The molecule has 10 heteroatoms. The van der Waals surface area contributed by atoms with Gasteiger partial charge in [-0.05, 0) is 37.7 Å². The van der Waals surface area contributed by atoms with Gasteiger partial charge in [-0.2, -0.15) is 13.2 Å². The van der Waals surface area contributed by atoms with Crippen LogP contribution in [0.25, 0.3) is 10.2 Å². The Morgan fingerprint density at radius 3 is 2.85 bits per heavy atom. The molecule has 0 radical (unpaired) electrons. The molecule has 1 aliphatic carbocycles. The molecule has 2 heterocycles. The van der Waals surface area contributed by atoms with Crippen molar-refractivity contribution in [2.45, 2.75) is 51.0 Å². The number of nitrogens with zero attached hydrogens (tertiary/aromatic N) is 2. The summed E-state index contributed by atoms with van der Waals surface area (Å²) in [6, 6.07) is 0. The van der Waals surface area contributed by atoms with Gasteiger partial charge in [-0.3, -0.25) is 14.2 Å². The standard InChI is InChI=1S/C17H20F3N3O2S2/c1-3-23-15(25)13-10-5-4-9(2)6-11(10)27-14(13)22-16(23)26-7-12(24)21-8-17(18,19)20/h9H,3-8H2,1-2H3,(H,21,24)/t9-/m1/s1. The van der Waals surface area contributed by atoms with E-state index in [2.05, 4.69) is 11.9 Å². The van der Waals surface area contributed by atoms with Gasteiger partial charge in [0.2, 0.25) is 5.91 Å². The summed E-state index contributed by atoms with van der Waals surface area (Å²) < 4.78 is 38.1. The molecule has 0 fully saturated rings. The van der Waals surface area contributed by atoms with E-state index < -0.39 is 18.6 Å².